The van der Waals surface area contributed by atoms with Crippen molar-refractivity contribution in [2.24, 2.45) is 0 Å². The van der Waals surface area contributed by atoms with Crippen molar-refractivity contribution in [3.63, 3.8) is 0 Å². The number of carbonyl (C=O) groups excluding carboxylic acids is 1. The standard InChI is InChI=1S/C20H22N4O3/c1-26-13-14-27-17-9-7-16(8-10-17)15-21-20(25)23-18-5-2-3-6-19(18)24-12-4-11-22-24/h2-12H,13-15H2,1H3,(H2,21,23,25). The highest BCUT2D eigenvalue weighted by atomic mass is 16.5. The lowest BCUT2D eigenvalue weighted by Crippen LogP contribution is -2.28. The summed E-state index contributed by atoms with van der Waals surface area (Å²) in [7, 11) is 1.64. The van der Waals surface area contributed by atoms with Gasteiger partial charge in [0.05, 0.1) is 18.0 Å². The number of rotatable bonds is 8. The first-order chi connectivity index (χ1) is 13.3. The summed E-state index contributed by atoms with van der Waals surface area (Å²) in [5.41, 5.74) is 2.46. The first kappa shape index (κ1) is 18.5. The third-order valence-corrected chi connectivity index (χ3v) is 3.84. The second-order valence-corrected chi connectivity index (χ2v) is 5.76. The van der Waals surface area contributed by atoms with Crippen LogP contribution in [0.2, 0.25) is 0 Å². The second-order valence-electron chi connectivity index (χ2n) is 5.76. The van der Waals surface area contributed by atoms with E-state index in [0.29, 0.717) is 25.4 Å². The van der Waals surface area contributed by atoms with Crippen molar-refractivity contribution >= 4 is 11.7 Å². The maximum Gasteiger partial charge on any atom is 0.319 e. The highest BCUT2D eigenvalue weighted by Gasteiger charge is 2.08. The number of urea groups is 1. The Labute approximate surface area is 157 Å². The Morgan fingerprint density at radius 1 is 1.07 bits per heavy atom. The monoisotopic (exact) mass is 366 g/mol. The normalized spacial score (nSPS) is 10.4. The van der Waals surface area contributed by atoms with Crippen LogP contribution in [0.1, 0.15) is 5.56 Å². The number of ether oxygens (including phenoxy) is 2. The molecule has 0 unspecified atom stereocenters. The fraction of sp³-hybridized carbons (Fsp3) is 0.200. The van der Waals surface area contributed by atoms with Crippen molar-refractivity contribution in [1.82, 2.24) is 15.1 Å². The van der Waals surface area contributed by atoms with Gasteiger partial charge in [-0.2, -0.15) is 5.10 Å². The van der Waals surface area contributed by atoms with E-state index in [1.165, 1.54) is 0 Å². The number of benzene rings is 2. The minimum Gasteiger partial charge on any atom is -0.491 e. The van der Waals surface area contributed by atoms with Crippen LogP contribution in [0.5, 0.6) is 5.75 Å². The van der Waals surface area contributed by atoms with Crippen molar-refractivity contribution in [3.8, 4) is 11.4 Å². The number of hydrogen-bond acceptors (Lipinski definition) is 4. The molecule has 27 heavy (non-hydrogen) atoms. The smallest absolute Gasteiger partial charge is 0.319 e. The molecule has 1 aromatic heterocycles. The number of nitrogens with zero attached hydrogens (tertiary/aromatic N) is 2. The van der Waals surface area contributed by atoms with Gasteiger partial charge < -0.3 is 20.1 Å². The Morgan fingerprint density at radius 2 is 1.89 bits per heavy atom. The van der Waals surface area contributed by atoms with Gasteiger partial charge in [-0.25, -0.2) is 9.48 Å². The Bertz CT molecular complexity index is 848. The average Bonchev–Trinajstić information content (AvgIpc) is 3.23. The molecule has 0 aliphatic heterocycles. The van der Waals surface area contributed by atoms with E-state index >= 15 is 0 Å². The molecule has 2 N–H and O–H groups in total. The number of hydrogen-bond donors (Lipinski definition) is 2. The summed E-state index contributed by atoms with van der Waals surface area (Å²) in [6, 6.07) is 16.6. The van der Waals surface area contributed by atoms with E-state index in [4.69, 9.17) is 9.47 Å². The van der Waals surface area contributed by atoms with E-state index in [-0.39, 0.29) is 6.03 Å². The van der Waals surface area contributed by atoms with Crippen LogP contribution in [0, 0.1) is 0 Å². The van der Waals surface area contributed by atoms with Gasteiger partial charge in [0, 0.05) is 26.0 Å². The van der Waals surface area contributed by atoms with Gasteiger partial charge in [-0.1, -0.05) is 24.3 Å². The molecule has 3 aromatic rings. The molecule has 0 atom stereocenters. The lowest BCUT2D eigenvalue weighted by Gasteiger charge is -2.12. The third-order valence-electron chi connectivity index (χ3n) is 3.84. The number of amides is 2. The third kappa shape index (κ3) is 5.32. The molecule has 2 amide bonds. The van der Waals surface area contributed by atoms with Gasteiger partial charge in [0.1, 0.15) is 12.4 Å². The predicted molar refractivity (Wildman–Crippen MR) is 103 cm³/mol. The maximum absolute atomic E-state index is 12.3. The van der Waals surface area contributed by atoms with Crippen LogP contribution >= 0.6 is 0 Å². The van der Waals surface area contributed by atoms with Gasteiger partial charge in [0.25, 0.3) is 0 Å². The van der Waals surface area contributed by atoms with Crippen LogP contribution in [-0.2, 0) is 11.3 Å². The number of nitrogens with one attached hydrogen (secondary N) is 2. The van der Waals surface area contributed by atoms with Crippen molar-refractivity contribution < 1.29 is 14.3 Å². The van der Waals surface area contributed by atoms with E-state index in [0.717, 1.165) is 17.0 Å². The summed E-state index contributed by atoms with van der Waals surface area (Å²) in [5, 5.41) is 9.92. The number of anilines is 1. The van der Waals surface area contributed by atoms with Gasteiger partial charge in [-0.3, -0.25) is 0 Å². The van der Waals surface area contributed by atoms with Gasteiger partial charge in [-0.05, 0) is 35.9 Å². The second kappa shape index (κ2) is 9.40. The van der Waals surface area contributed by atoms with Gasteiger partial charge in [0.15, 0.2) is 0 Å². The number of aromatic nitrogens is 2. The van der Waals surface area contributed by atoms with E-state index in [1.807, 2.05) is 60.8 Å². The number of methoxy groups -OCH3 is 1. The Balaban J connectivity index is 1.53. The molecule has 0 aliphatic rings. The average molecular weight is 366 g/mol. The van der Waals surface area contributed by atoms with Crippen LogP contribution in [0.3, 0.4) is 0 Å². The van der Waals surface area contributed by atoms with Crippen molar-refractivity contribution in [3.05, 3.63) is 72.6 Å². The topological polar surface area (TPSA) is 77.4 Å². The molecule has 7 nitrogen and oxygen atoms in total. The summed E-state index contributed by atoms with van der Waals surface area (Å²) in [4.78, 5) is 12.3. The molecule has 0 spiro atoms. The molecule has 0 saturated heterocycles. The lowest BCUT2D eigenvalue weighted by molar-refractivity contribution is 0.146. The summed E-state index contributed by atoms with van der Waals surface area (Å²) >= 11 is 0. The molecular formula is C20H22N4O3. The summed E-state index contributed by atoms with van der Waals surface area (Å²) in [6.45, 7) is 1.46. The Morgan fingerprint density at radius 3 is 2.63 bits per heavy atom. The molecule has 0 saturated carbocycles. The molecule has 0 radical (unpaired) electrons. The first-order valence-electron chi connectivity index (χ1n) is 8.61. The molecule has 0 fully saturated rings. The van der Waals surface area contributed by atoms with Crippen LogP contribution < -0.4 is 15.4 Å². The van der Waals surface area contributed by atoms with E-state index in [1.54, 1.807) is 18.0 Å². The molecule has 0 bridgehead atoms. The molecular weight excluding hydrogens is 344 g/mol. The predicted octanol–water partition coefficient (Wildman–Crippen LogP) is 3.22. The summed E-state index contributed by atoms with van der Waals surface area (Å²) in [5.74, 6) is 0.772. The minimum absolute atomic E-state index is 0.282. The molecule has 2 aromatic carbocycles. The van der Waals surface area contributed by atoms with Gasteiger partial charge >= 0.3 is 6.03 Å². The fourth-order valence-corrected chi connectivity index (χ4v) is 2.49. The Hall–Kier alpha value is -3.32. The first-order valence-corrected chi connectivity index (χ1v) is 8.61. The molecule has 3 rings (SSSR count). The van der Waals surface area contributed by atoms with Crippen LogP contribution in [-0.4, -0.2) is 36.1 Å². The lowest BCUT2D eigenvalue weighted by atomic mass is 10.2. The zero-order chi connectivity index (χ0) is 18.9. The van der Waals surface area contributed by atoms with E-state index < -0.39 is 0 Å². The highest BCUT2D eigenvalue weighted by Crippen LogP contribution is 2.19. The number of para-hydroxylation sites is 2. The van der Waals surface area contributed by atoms with Gasteiger partial charge in [-0.15, -0.1) is 0 Å². The van der Waals surface area contributed by atoms with E-state index in [2.05, 4.69) is 15.7 Å². The summed E-state index contributed by atoms with van der Waals surface area (Å²) < 4.78 is 12.2. The van der Waals surface area contributed by atoms with Crippen molar-refractivity contribution in [1.29, 1.82) is 0 Å². The van der Waals surface area contributed by atoms with Gasteiger partial charge in [0.2, 0.25) is 0 Å². The van der Waals surface area contributed by atoms with Crippen LogP contribution in [0.25, 0.3) is 5.69 Å². The van der Waals surface area contributed by atoms with Crippen molar-refractivity contribution in [2.45, 2.75) is 6.54 Å². The number of carbonyl (C=O) groups is 1. The quantitative estimate of drug-likeness (QED) is 0.600. The van der Waals surface area contributed by atoms with Crippen LogP contribution in [0.4, 0.5) is 10.5 Å². The highest BCUT2D eigenvalue weighted by molar-refractivity contribution is 5.91. The van der Waals surface area contributed by atoms with Crippen LogP contribution in [0.15, 0.2) is 67.0 Å². The molecule has 1 heterocycles. The zero-order valence-corrected chi connectivity index (χ0v) is 15.1. The Kier molecular flexibility index (Phi) is 6.43. The molecule has 7 heteroatoms. The van der Waals surface area contributed by atoms with E-state index in [9.17, 15) is 4.79 Å². The fourth-order valence-electron chi connectivity index (χ4n) is 2.49. The maximum atomic E-state index is 12.3. The largest absolute Gasteiger partial charge is 0.491 e. The zero-order valence-electron chi connectivity index (χ0n) is 15.1. The summed E-state index contributed by atoms with van der Waals surface area (Å²) in [6.07, 6.45) is 3.52. The minimum atomic E-state index is -0.282. The molecule has 140 valence electrons. The van der Waals surface area contributed by atoms with Crippen molar-refractivity contribution in [2.75, 3.05) is 25.6 Å². The SMILES string of the molecule is COCCOc1ccc(CNC(=O)Nc2ccccc2-n2cccn2)cc1. The molecule has 0 aliphatic carbocycles.